The number of carbonyl (C=O) groups is 1. The Morgan fingerprint density at radius 2 is 1.82 bits per heavy atom. The summed E-state index contributed by atoms with van der Waals surface area (Å²) in [4.78, 5) is 11.9. The predicted octanol–water partition coefficient (Wildman–Crippen LogP) is 3.91. The van der Waals surface area contributed by atoms with Crippen LogP contribution in [0.15, 0.2) is 42.5 Å². The third kappa shape index (κ3) is 4.78. The number of rotatable bonds is 6. The highest BCUT2D eigenvalue weighted by molar-refractivity contribution is 6.30. The van der Waals surface area contributed by atoms with Gasteiger partial charge in [-0.1, -0.05) is 35.9 Å². The summed E-state index contributed by atoms with van der Waals surface area (Å²) in [5, 5.41) is 3.62. The quantitative estimate of drug-likeness (QED) is 0.877. The van der Waals surface area contributed by atoms with Crippen LogP contribution in [0.2, 0.25) is 5.02 Å². The van der Waals surface area contributed by atoms with Crippen LogP contribution in [-0.2, 0) is 17.8 Å². The van der Waals surface area contributed by atoms with Crippen molar-refractivity contribution in [2.24, 2.45) is 0 Å². The number of amides is 1. The highest BCUT2D eigenvalue weighted by atomic mass is 35.5. The second kappa shape index (κ2) is 7.85. The first-order valence-corrected chi connectivity index (χ1v) is 7.61. The number of nitrogens with one attached hydrogen (secondary N) is 1. The van der Waals surface area contributed by atoms with Gasteiger partial charge in [0.15, 0.2) is 0 Å². The van der Waals surface area contributed by atoms with Gasteiger partial charge in [0.2, 0.25) is 5.91 Å². The van der Waals surface area contributed by atoms with Gasteiger partial charge in [0.05, 0.1) is 7.11 Å². The van der Waals surface area contributed by atoms with E-state index in [1.54, 1.807) is 7.11 Å². The van der Waals surface area contributed by atoms with Crippen molar-refractivity contribution in [2.75, 3.05) is 7.11 Å². The molecule has 0 atom stereocenters. The Kier molecular flexibility index (Phi) is 5.84. The molecule has 0 heterocycles. The van der Waals surface area contributed by atoms with E-state index in [1.165, 1.54) is 0 Å². The minimum Gasteiger partial charge on any atom is -0.496 e. The number of halogens is 1. The Bertz CT molecular complexity index is 638. The van der Waals surface area contributed by atoms with Crippen molar-refractivity contribution in [1.29, 1.82) is 0 Å². The summed E-state index contributed by atoms with van der Waals surface area (Å²) >= 11 is 5.83. The maximum Gasteiger partial charge on any atom is 0.220 e. The van der Waals surface area contributed by atoms with E-state index in [9.17, 15) is 4.79 Å². The van der Waals surface area contributed by atoms with E-state index in [0.29, 0.717) is 18.0 Å². The molecule has 2 aromatic rings. The number of carbonyl (C=O) groups excluding carboxylic acids is 1. The van der Waals surface area contributed by atoms with Crippen LogP contribution < -0.4 is 10.1 Å². The molecule has 1 N–H and O–H groups in total. The molecular formula is C18H20ClNO2. The molecule has 3 nitrogen and oxygen atoms in total. The van der Waals surface area contributed by atoms with Crippen molar-refractivity contribution in [1.82, 2.24) is 5.32 Å². The number of aryl methyl sites for hydroxylation is 2. The van der Waals surface area contributed by atoms with Gasteiger partial charge in [0, 0.05) is 18.0 Å². The molecule has 0 saturated heterocycles. The van der Waals surface area contributed by atoms with Gasteiger partial charge in [0.25, 0.3) is 0 Å². The molecule has 0 aliphatic rings. The van der Waals surface area contributed by atoms with Crippen LogP contribution in [0, 0.1) is 6.92 Å². The first-order valence-electron chi connectivity index (χ1n) is 7.23. The summed E-state index contributed by atoms with van der Waals surface area (Å²) in [5.74, 6) is 0.916. The van der Waals surface area contributed by atoms with Crippen LogP contribution in [0.1, 0.15) is 23.1 Å². The van der Waals surface area contributed by atoms with Crippen molar-refractivity contribution in [3.05, 3.63) is 64.2 Å². The second-order valence-electron chi connectivity index (χ2n) is 5.21. The van der Waals surface area contributed by atoms with Crippen molar-refractivity contribution >= 4 is 17.5 Å². The van der Waals surface area contributed by atoms with Gasteiger partial charge in [-0.15, -0.1) is 0 Å². The molecule has 0 aromatic heterocycles. The van der Waals surface area contributed by atoms with Crippen LogP contribution in [-0.4, -0.2) is 13.0 Å². The third-order valence-electron chi connectivity index (χ3n) is 3.50. The average molecular weight is 318 g/mol. The largest absolute Gasteiger partial charge is 0.496 e. The van der Waals surface area contributed by atoms with Gasteiger partial charge >= 0.3 is 0 Å². The molecular weight excluding hydrogens is 298 g/mol. The maximum absolute atomic E-state index is 11.9. The lowest BCUT2D eigenvalue weighted by Gasteiger charge is -2.08. The van der Waals surface area contributed by atoms with Crippen molar-refractivity contribution in [3.63, 3.8) is 0 Å². The van der Waals surface area contributed by atoms with E-state index >= 15 is 0 Å². The first-order chi connectivity index (χ1) is 10.6. The number of hydrogen-bond acceptors (Lipinski definition) is 2. The number of benzene rings is 2. The molecule has 2 aromatic carbocycles. The van der Waals surface area contributed by atoms with E-state index in [0.717, 1.165) is 28.9 Å². The number of hydrogen-bond donors (Lipinski definition) is 1. The summed E-state index contributed by atoms with van der Waals surface area (Å²) in [6.07, 6.45) is 1.19. The lowest BCUT2D eigenvalue weighted by molar-refractivity contribution is -0.121. The number of ether oxygens (including phenoxy) is 1. The van der Waals surface area contributed by atoms with E-state index < -0.39 is 0 Å². The lowest BCUT2D eigenvalue weighted by Crippen LogP contribution is -2.22. The van der Waals surface area contributed by atoms with E-state index in [1.807, 2.05) is 43.3 Å². The fraction of sp³-hybridized carbons (Fsp3) is 0.278. The normalized spacial score (nSPS) is 10.3. The van der Waals surface area contributed by atoms with Gasteiger partial charge in [-0.25, -0.2) is 0 Å². The highest BCUT2D eigenvalue weighted by Crippen LogP contribution is 2.19. The zero-order valence-electron chi connectivity index (χ0n) is 12.9. The van der Waals surface area contributed by atoms with Crippen LogP contribution in [0.3, 0.4) is 0 Å². The molecule has 0 fully saturated rings. The summed E-state index contributed by atoms with van der Waals surface area (Å²) in [5.41, 5.74) is 3.26. The SMILES string of the molecule is COc1ccc(CCC(=O)NCc2ccc(Cl)cc2)cc1C. The van der Waals surface area contributed by atoms with E-state index in [-0.39, 0.29) is 5.91 Å². The van der Waals surface area contributed by atoms with Gasteiger partial charge in [-0.2, -0.15) is 0 Å². The molecule has 0 spiro atoms. The topological polar surface area (TPSA) is 38.3 Å². The lowest BCUT2D eigenvalue weighted by atomic mass is 10.1. The van der Waals surface area contributed by atoms with Gasteiger partial charge in [0.1, 0.15) is 5.75 Å². The van der Waals surface area contributed by atoms with Crippen molar-refractivity contribution in [3.8, 4) is 5.75 Å². The molecule has 0 saturated carbocycles. The maximum atomic E-state index is 11.9. The summed E-state index contributed by atoms with van der Waals surface area (Å²) < 4.78 is 5.23. The van der Waals surface area contributed by atoms with Gasteiger partial charge < -0.3 is 10.1 Å². The minimum absolute atomic E-state index is 0.0448. The molecule has 1 amide bonds. The molecule has 4 heteroatoms. The van der Waals surface area contributed by atoms with Gasteiger partial charge in [-0.05, 0) is 48.2 Å². The minimum atomic E-state index is 0.0448. The molecule has 0 radical (unpaired) electrons. The Labute approximate surface area is 136 Å². The van der Waals surface area contributed by atoms with Crippen molar-refractivity contribution in [2.45, 2.75) is 26.3 Å². The summed E-state index contributed by atoms with van der Waals surface area (Å²) in [6, 6.07) is 13.5. The molecule has 2 rings (SSSR count). The van der Waals surface area contributed by atoms with Gasteiger partial charge in [-0.3, -0.25) is 4.79 Å². The van der Waals surface area contributed by atoms with Crippen LogP contribution in [0.25, 0.3) is 0 Å². The standard InChI is InChI=1S/C18H20ClNO2/c1-13-11-14(5-9-17(13)22-2)6-10-18(21)20-12-15-3-7-16(19)8-4-15/h3-5,7-9,11H,6,10,12H2,1-2H3,(H,20,21). The third-order valence-corrected chi connectivity index (χ3v) is 3.75. The molecule has 0 unspecified atom stereocenters. The van der Waals surface area contributed by atoms with Crippen LogP contribution in [0.5, 0.6) is 5.75 Å². The average Bonchev–Trinajstić information content (AvgIpc) is 2.52. The smallest absolute Gasteiger partial charge is 0.220 e. The van der Waals surface area contributed by atoms with Crippen LogP contribution >= 0.6 is 11.6 Å². The zero-order chi connectivity index (χ0) is 15.9. The predicted molar refractivity (Wildman–Crippen MR) is 89.4 cm³/mol. The molecule has 0 aliphatic carbocycles. The second-order valence-corrected chi connectivity index (χ2v) is 5.64. The van der Waals surface area contributed by atoms with E-state index in [4.69, 9.17) is 16.3 Å². The molecule has 0 aliphatic heterocycles. The Balaban J connectivity index is 1.80. The highest BCUT2D eigenvalue weighted by Gasteiger charge is 2.04. The van der Waals surface area contributed by atoms with Crippen LogP contribution in [0.4, 0.5) is 0 Å². The summed E-state index contributed by atoms with van der Waals surface area (Å²) in [7, 11) is 1.66. The molecule has 0 bridgehead atoms. The molecule has 116 valence electrons. The summed E-state index contributed by atoms with van der Waals surface area (Å²) in [6.45, 7) is 2.53. The van der Waals surface area contributed by atoms with E-state index in [2.05, 4.69) is 11.4 Å². The zero-order valence-corrected chi connectivity index (χ0v) is 13.6. The van der Waals surface area contributed by atoms with Crippen molar-refractivity contribution < 1.29 is 9.53 Å². The monoisotopic (exact) mass is 317 g/mol. The number of methoxy groups -OCH3 is 1. The Morgan fingerprint density at radius 3 is 2.45 bits per heavy atom. The fourth-order valence-electron chi connectivity index (χ4n) is 2.25. The molecule has 22 heavy (non-hydrogen) atoms. The Morgan fingerprint density at radius 1 is 1.14 bits per heavy atom. The fourth-order valence-corrected chi connectivity index (χ4v) is 2.37. The first kappa shape index (κ1) is 16.4. The Hall–Kier alpha value is -2.00.